The maximum atomic E-state index is 5.95. The molecule has 2 aromatic rings. The second-order valence-corrected chi connectivity index (χ2v) is 5.96. The maximum Gasteiger partial charge on any atom is 0.0635 e. The summed E-state index contributed by atoms with van der Waals surface area (Å²) < 4.78 is 0. The van der Waals surface area contributed by atoms with Crippen LogP contribution in [0.3, 0.4) is 0 Å². The lowest BCUT2D eigenvalue weighted by Crippen LogP contribution is -2.14. The molecule has 0 amide bonds. The van der Waals surface area contributed by atoms with Crippen LogP contribution < -0.4 is 5.73 Å². The van der Waals surface area contributed by atoms with Gasteiger partial charge < -0.3 is 5.73 Å². The number of hydrogen-bond acceptors (Lipinski definition) is 1. The van der Waals surface area contributed by atoms with Crippen molar-refractivity contribution in [2.45, 2.75) is 32.6 Å². The van der Waals surface area contributed by atoms with Crippen molar-refractivity contribution < 1.29 is 0 Å². The molecule has 2 aromatic carbocycles. The highest BCUT2D eigenvalue weighted by Crippen LogP contribution is 2.30. The van der Waals surface area contributed by atoms with Crippen molar-refractivity contribution in [2.24, 2.45) is 0 Å². The van der Waals surface area contributed by atoms with Gasteiger partial charge in [0.1, 0.15) is 0 Å². The van der Waals surface area contributed by atoms with Gasteiger partial charge in [-0.2, -0.15) is 0 Å². The number of nitrogens with two attached hydrogens (primary N) is 1. The van der Waals surface area contributed by atoms with E-state index in [1.54, 1.807) is 0 Å². The number of rotatable bonds is 3. The van der Waals surface area contributed by atoms with E-state index in [4.69, 9.17) is 17.3 Å². The Morgan fingerprint density at radius 2 is 1.58 bits per heavy atom. The van der Waals surface area contributed by atoms with Gasteiger partial charge in [0.25, 0.3) is 0 Å². The highest BCUT2D eigenvalue weighted by molar-refractivity contribution is 6.33. The van der Waals surface area contributed by atoms with Gasteiger partial charge in [-0.25, -0.2) is 0 Å². The summed E-state index contributed by atoms with van der Waals surface area (Å²) in [5.41, 5.74) is 10.3. The van der Waals surface area contributed by atoms with Crippen molar-refractivity contribution in [3.8, 4) is 11.1 Å². The minimum Gasteiger partial charge on any atom is -0.398 e. The molecule has 0 saturated carbocycles. The zero-order valence-corrected chi connectivity index (χ0v) is 12.5. The van der Waals surface area contributed by atoms with Crippen LogP contribution in [0.2, 0.25) is 5.02 Å². The third-order valence-corrected chi connectivity index (χ3v) is 4.22. The minimum absolute atomic E-state index is 0.220. The van der Waals surface area contributed by atoms with Gasteiger partial charge >= 0.3 is 0 Å². The summed E-state index contributed by atoms with van der Waals surface area (Å²) in [5.74, 6) is 0. The molecule has 0 aromatic heterocycles. The fourth-order valence-corrected chi connectivity index (χ4v) is 2.16. The molecule has 0 radical (unpaired) electrons. The summed E-state index contributed by atoms with van der Waals surface area (Å²) in [5, 5.41) is 0.604. The number of nitrogen functional groups attached to an aromatic ring is 1. The first-order valence-corrected chi connectivity index (χ1v) is 6.98. The predicted octanol–water partition coefficient (Wildman–Crippen LogP) is 5.28. The van der Waals surface area contributed by atoms with E-state index in [1.165, 1.54) is 11.1 Å². The van der Waals surface area contributed by atoms with E-state index < -0.39 is 0 Å². The van der Waals surface area contributed by atoms with Crippen LogP contribution in [0.5, 0.6) is 0 Å². The van der Waals surface area contributed by atoms with Crippen LogP contribution >= 0.6 is 11.6 Å². The van der Waals surface area contributed by atoms with E-state index >= 15 is 0 Å². The molecule has 0 heterocycles. The topological polar surface area (TPSA) is 26.0 Å². The van der Waals surface area contributed by atoms with Gasteiger partial charge in [-0.1, -0.05) is 62.7 Å². The summed E-state index contributed by atoms with van der Waals surface area (Å²) in [4.78, 5) is 0. The lowest BCUT2D eigenvalue weighted by molar-refractivity contribution is 0.506. The summed E-state index contributed by atoms with van der Waals surface area (Å²) in [6, 6.07) is 14.5. The molecule has 0 unspecified atom stereocenters. The third-order valence-electron chi connectivity index (χ3n) is 3.88. The molecule has 19 heavy (non-hydrogen) atoms. The van der Waals surface area contributed by atoms with Gasteiger partial charge in [-0.05, 0) is 40.7 Å². The highest BCUT2D eigenvalue weighted by Gasteiger charge is 2.17. The Morgan fingerprint density at radius 1 is 1.00 bits per heavy atom. The van der Waals surface area contributed by atoms with Crippen LogP contribution in [-0.2, 0) is 5.41 Å². The maximum absolute atomic E-state index is 5.95. The Labute approximate surface area is 120 Å². The molecule has 0 saturated heterocycles. The molecule has 2 N–H and O–H groups in total. The summed E-state index contributed by atoms with van der Waals surface area (Å²) in [6.45, 7) is 6.75. The second-order valence-electron chi connectivity index (χ2n) is 5.55. The molecule has 0 aliphatic carbocycles. The normalized spacial score (nSPS) is 11.6. The Balaban J connectivity index is 2.35. The number of hydrogen-bond donors (Lipinski definition) is 1. The van der Waals surface area contributed by atoms with Gasteiger partial charge in [0.05, 0.1) is 10.7 Å². The zero-order valence-electron chi connectivity index (χ0n) is 11.7. The Bertz CT molecular complexity index is 570. The van der Waals surface area contributed by atoms with Gasteiger partial charge in [-0.3, -0.25) is 0 Å². The molecule has 0 aliphatic heterocycles. The quantitative estimate of drug-likeness (QED) is 0.757. The molecule has 100 valence electrons. The Hall–Kier alpha value is -1.47. The third kappa shape index (κ3) is 2.93. The Morgan fingerprint density at radius 3 is 2.11 bits per heavy atom. The first kappa shape index (κ1) is 14.0. The van der Waals surface area contributed by atoms with E-state index in [0.717, 1.165) is 12.0 Å². The second kappa shape index (κ2) is 5.26. The number of halogens is 1. The van der Waals surface area contributed by atoms with Crippen molar-refractivity contribution in [3.63, 3.8) is 0 Å². The first-order chi connectivity index (χ1) is 8.94. The van der Waals surface area contributed by atoms with E-state index in [0.29, 0.717) is 10.7 Å². The fraction of sp³-hybridized carbons (Fsp3) is 0.294. The molecule has 1 nitrogen and oxygen atoms in total. The molecular formula is C17H20ClN. The van der Waals surface area contributed by atoms with Gasteiger partial charge in [-0.15, -0.1) is 0 Å². The number of benzene rings is 2. The van der Waals surface area contributed by atoms with Crippen LogP contribution in [0.25, 0.3) is 11.1 Å². The SMILES string of the molecule is CCC(C)(C)c1ccc(-c2ccc(Cl)c(N)c2)cc1. The highest BCUT2D eigenvalue weighted by atomic mass is 35.5. The lowest BCUT2D eigenvalue weighted by Gasteiger charge is -2.23. The van der Waals surface area contributed by atoms with Crippen molar-refractivity contribution in [3.05, 3.63) is 53.1 Å². The fourth-order valence-electron chi connectivity index (χ4n) is 2.04. The molecule has 0 aliphatic rings. The molecule has 2 rings (SSSR count). The van der Waals surface area contributed by atoms with E-state index in [1.807, 2.05) is 18.2 Å². The van der Waals surface area contributed by atoms with E-state index in [9.17, 15) is 0 Å². The lowest BCUT2D eigenvalue weighted by atomic mass is 9.82. The first-order valence-electron chi connectivity index (χ1n) is 6.60. The molecule has 0 fully saturated rings. The van der Waals surface area contributed by atoms with Crippen LogP contribution in [-0.4, -0.2) is 0 Å². The van der Waals surface area contributed by atoms with Crippen molar-refractivity contribution in [1.29, 1.82) is 0 Å². The van der Waals surface area contributed by atoms with Crippen LogP contribution in [0.1, 0.15) is 32.8 Å². The van der Waals surface area contributed by atoms with Gasteiger partial charge in [0.15, 0.2) is 0 Å². The van der Waals surface area contributed by atoms with Crippen molar-refractivity contribution in [2.75, 3.05) is 5.73 Å². The average Bonchev–Trinajstić information content (AvgIpc) is 2.42. The summed E-state index contributed by atoms with van der Waals surface area (Å²) in [6.07, 6.45) is 1.13. The van der Waals surface area contributed by atoms with Crippen molar-refractivity contribution >= 4 is 17.3 Å². The van der Waals surface area contributed by atoms with Gasteiger partial charge in [0, 0.05) is 0 Å². The molecular weight excluding hydrogens is 254 g/mol. The van der Waals surface area contributed by atoms with E-state index in [-0.39, 0.29) is 5.41 Å². The molecule has 0 atom stereocenters. The summed E-state index contributed by atoms with van der Waals surface area (Å²) >= 11 is 5.95. The molecule has 0 spiro atoms. The van der Waals surface area contributed by atoms with Crippen LogP contribution in [0, 0.1) is 0 Å². The van der Waals surface area contributed by atoms with Gasteiger partial charge in [0.2, 0.25) is 0 Å². The van der Waals surface area contributed by atoms with Crippen LogP contribution in [0.4, 0.5) is 5.69 Å². The monoisotopic (exact) mass is 273 g/mol. The zero-order chi connectivity index (χ0) is 14.0. The summed E-state index contributed by atoms with van der Waals surface area (Å²) in [7, 11) is 0. The van der Waals surface area contributed by atoms with Crippen LogP contribution in [0.15, 0.2) is 42.5 Å². The molecule has 0 bridgehead atoms. The van der Waals surface area contributed by atoms with E-state index in [2.05, 4.69) is 45.0 Å². The smallest absolute Gasteiger partial charge is 0.0635 e. The largest absolute Gasteiger partial charge is 0.398 e. The Kier molecular flexibility index (Phi) is 3.86. The predicted molar refractivity (Wildman–Crippen MR) is 84.6 cm³/mol. The standard InChI is InChI=1S/C17H20ClN/c1-4-17(2,3)14-8-5-12(6-9-14)13-7-10-15(18)16(19)11-13/h5-11H,4,19H2,1-3H3. The average molecular weight is 274 g/mol. The molecule has 2 heteroatoms. The minimum atomic E-state index is 0.220. The number of anilines is 1. The van der Waals surface area contributed by atoms with Crippen molar-refractivity contribution in [1.82, 2.24) is 0 Å².